The lowest BCUT2D eigenvalue weighted by molar-refractivity contribution is 0.154. The summed E-state index contributed by atoms with van der Waals surface area (Å²) in [6.07, 6.45) is 3.07. The third-order valence-corrected chi connectivity index (χ3v) is 6.29. The molecule has 1 saturated heterocycles. The first kappa shape index (κ1) is 17.1. The zero-order valence-electron chi connectivity index (χ0n) is 14.2. The molecule has 0 atom stereocenters. The summed E-state index contributed by atoms with van der Waals surface area (Å²) in [5.41, 5.74) is 1.09. The Kier molecular flexibility index (Phi) is 5.03. The second-order valence-corrected chi connectivity index (χ2v) is 8.33. The van der Waals surface area contributed by atoms with Gasteiger partial charge in [-0.3, -0.25) is 9.58 Å². The first-order valence-corrected chi connectivity index (χ1v) is 9.71. The number of hydrogen-bond acceptors (Lipinski definition) is 4. The molecule has 0 N–H and O–H groups in total. The molecular formula is C17H24N4O2S. The van der Waals surface area contributed by atoms with Crippen LogP contribution in [0.25, 0.3) is 0 Å². The predicted octanol–water partition coefficient (Wildman–Crippen LogP) is 1.65. The standard InChI is InChI=1S/C17H24N4O2S/c1-15(2)19-8-10-21(11-9-19)24(22,23)17-12-18-20(14-17)13-16-6-4-3-5-7-16/h3-7,12,14-15H,8-11,13H2,1-2H3. The van der Waals surface area contributed by atoms with Crippen LogP contribution in [0.3, 0.4) is 0 Å². The summed E-state index contributed by atoms with van der Waals surface area (Å²) in [6, 6.07) is 10.3. The Morgan fingerprint density at radius 2 is 1.75 bits per heavy atom. The molecule has 0 bridgehead atoms. The zero-order chi connectivity index (χ0) is 17.2. The minimum atomic E-state index is -3.46. The zero-order valence-corrected chi connectivity index (χ0v) is 15.0. The Bertz CT molecular complexity index is 763. The van der Waals surface area contributed by atoms with Crippen LogP contribution in [0.5, 0.6) is 0 Å². The average molecular weight is 348 g/mol. The minimum absolute atomic E-state index is 0.274. The van der Waals surface area contributed by atoms with E-state index in [0.29, 0.717) is 25.7 Å². The highest BCUT2D eigenvalue weighted by Gasteiger charge is 2.30. The van der Waals surface area contributed by atoms with E-state index in [1.54, 1.807) is 15.2 Å². The van der Waals surface area contributed by atoms with E-state index >= 15 is 0 Å². The minimum Gasteiger partial charge on any atom is -0.298 e. The highest BCUT2D eigenvalue weighted by molar-refractivity contribution is 7.89. The van der Waals surface area contributed by atoms with Gasteiger partial charge in [0.1, 0.15) is 4.90 Å². The van der Waals surface area contributed by atoms with E-state index in [4.69, 9.17) is 0 Å². The lowest BCUT2D eigenvalue weighted by atomic mass is 10.2. The summed E-state index contributed by atoms with van der Waals surface area (Å²) in [7, 11) is -3.46. The molecule has 6 nitrogen and oxygen atoms in total. The van der Waals surface area contributed by atoms with Crippen LogP contribution < -0.4 is 0 Å². The molecule has 24 heavy (non-hydrogen) atoms. The number of benzene rings is 1. The summed E-state index contributed by atoms with van der Waals surface area (Å²) >= 11 is 0. The van der Waals surface area contributed by atoms with Gasteiger partial charge in [-0.05, 0) is 19.4 Å². The third kappa shape index (κ3) is 3.68. The van der Waals surface area contributed by atoms with Crippen LogP contribution >= 0.6 is 0 Å². The van der Waals surface area contributed by atoms with Gasteiger partial charge in [-0.1, -0.05) is 30.3 Å². The Balaban J connectivity index is 1.70. The maximum Gasteiger partial charge on any atom is 0.246 e. The molecule has 1 aliphatic heterocycles. The quantitative estimate of drug-likeness (QED) is 0.824. The summed E-state index contributed by atoms with van der Waals surface area (Å²) in [6.45, 7) is 7.45. The van der Waals surface area contributed by atoms with E-state index in [1.807, 2.05) is 30.3 Å². The van der Waals surface area contributed by atoms with E-state index in [9.17, 15) is 8.42 Å². The fourth-order valence-corrected chi connectivity index (χ4v) is 4.32. The summed E-state index contributed by atoms with van der Waals surface area (Å²) < 4.78 is 28.8. The molecule has 1 fully saturated rings. The molecule has 0 radical (unpaired) electrons. The molecule has 3 rings (SSSR count). The van der Waals surface area contributed by atoms with Gasteiger partial charge in [0.25, 0.3) is 0 Å². The van der Waals surface area contributed by atoms with Crippen LogP contribution in [-0.2, 0) is 16.6 Å². The fraction of sp³-hybridized carbons (Fsp3) is 0.471. The van der Waals surface area contributed by atoms with Gasteiger partial charge in [0.05, 0.1) is 12.7 Å². The van der Waals surface area contributed by atoms with Gasteiger partial charge < -0.3 is 0 Å². The van der Waals surface area contributed by atoms with E-state index in [0.717, 1.165) is 18.7 Å². The summed E-state index contributed by atoms with van der Waals surface area (Å²) in [5.74, 6) is 0. The highest BCUT2D eigenvalue weighted by Crippen LogP contribution is 2.18. The van der Waals surface area contributed by atoms with Crippen molar-refractivity contribution in [3.05, 3.63) is 48.3 Å². The predicted molar refractivity (Wildman–Crippen MR) is 93.2 cm³/mol. The Morgan fingerprint density at radius 1 is 1.08 bits per heavy atom. The smallest absolute Gasteiger partial charge is 0.246 e. The van der Waals surface area contributed by atoms with Gasteiger partial charge >= 0.3 is 0 Å². The number of hydrogen-bond donors (Lipinski definition) is 0. The molecule has 7 heteroatoms. The lowest BCUT2D eigenvalue weighted by Crippen LogP contribution is -2.50. The Labute approximate surface area is 143 Å². The first-order chi connectivity index (χ1) is 11.5. The largest absolute Gasteiger partial charge is 0.298 e. The van der Waals surface area contributed by atoms with Gasteiger partial charge in [0.15, 0.2) is 0 Å². The van der Waals surface area contributed by atoms with Crippen LogP contribution in [-0.4, -0.2) is 59.6 Å². The topological polar surface area (TPSA) is 58.4 Å². The molecule has 0 unspecified atom stereocenters. The fourth-order valence-electron chi connectivity index (χ4n) is 2.94. The van der Waals surface area contributed by atoms with Crippen molar-refractivity contribution in [1.82, 2.24) is 19.0 Å². The second kappa shape index (κ2) is 7.04. The molecule has 0 spiro atoms. The number of rotatable bonds is 5. The number of sulfonamides is 1. The van der Waals surface area contributed by atoms with E-state index in [2.05, 4.69) is 23.8 Å². The normalized spacial score (nSPS) is 17.5. The van der Waals surface area contributed by atoms with Crippen LogP contribution in [0, 0.1) is 0 Å². The maximum absolute atomic E-state index is 12.8. The lowest BCUT2D eigenvalue weighted by Gasteiger charge is -2.35. The first-order valence-electron chi connectivity index (χ1n) is 8.27. The third-order valence-electron chi connectivity index (χ3n) is 4.44. The maximum atomic E-state index is 12.8. The summed E-state index contributed by atoms with van der Waals surface area (Å²) in [5, 5.41) is 4.22. The highest BCUT2D eigenvalue weighted by atomic mass is 32.2. The molecule has 0 aliphatic carbocycles. The Hall–Kier alpha value is -1.70. The van der Waals surface area contributed by atoms with Crippen LogP contribution in [0.15, 0.2) is 47.6 Å². The molecule has 1 aliphatic rings. The van der Waals surface area contributed by atoms with E-state index in [1.165, 1.54) is 6.20 Å². The van der Waals surface area contributed by atoms with Crippen LogP contribution in [0.4, 0.5) is 0 Å². The Morgan fingerprint density at radius 3 is 2.38 bits per heavy atom. The van der Waals surface area contributed by atoms with Gasteiger partial charge in [-0.15, -0.1) is 0 Å². The van der Waals surface area contributed by atoms with Crippen molar-refractivity contribution in [2.45, 2.75) is 31.3 Å². The van der Waals surface area contributed by atoms with Gasteiger partial charge in [0, 0.05) is 38.4 Å². The van der Waals surface area contributed by atoms with Gasteiger partial charge in [-0.25, -0.2) is 8.42 Å². The monoisotopic (exact) mass is 348 g/mol. The van der Waals surface area contributed by atoms with Gasteiger partial charge in [0.2, 0.25) is 10.0 Å². The van der Waals surface area contributed by atoms with Crippen LogP contribution in [0.2, 0.25) is 0 Å². The molecule has 1 aromatic heterocycles. The van der Waals surface area contributed by atoms with Crippen molar-refractivity contribution >= 4 is 10.0 Å². The summed E-state index contributed by atoms with van der Waals surface area (Å²) in [4.78, 5) is 2.57. The average Bonchev–Trinajstić information content (AvgIpc) is 3.05. The number of aromatic nitrogens is 2. The van der Waals surface area contributed by atoms with Crippen LogP contribution in [0.1, 0.15) is 19.4 Å². The molecule has 2 aromatic rings. The van der Waals surface area contributed by atoms with Crippen molar-refractivity contribution in [3.63, 3.8) is 0 Å². The molecule has 130 valence electrons. The molecule has 0 saturated carbocycles. The number of piperazine rings is 1. The number of nitrogens with zero attached hydrogens (tertiary/aromatic N) is 4. The molecule has 2 heterocycles. The molecular weight excluding hydrogens is 324 g/mol. The van der Waals surface area contributed by atoms with Gasteiger partial charge in [-0.2, -0.15) is 9.40 Å². The SMILES string of the molecule is CC(C)N1CCN(S(=O)(=O)c2cnn(Cc3ccccc3)c2)CC1. The van der Waals surface area contributed by atoms with Crippen molar-refractivity contribution < 1.29 is 8.42 Å². The van der Waals surface area contributed by atoms with E-state index in [-0.39, 0.29) is 4.90 Å². The van der Waals surface area contributed by atoms with E-state index < -0.39 is 10.0 Å². The second-order valence-electron chi connectivity index (χ2n) is 6.39. The molecule has 1 aromatic carbocycles. The van der Waals surface area contributed by atoms with Crippen molar-refractivity contribution in [1.29, 1.82) is 0 Å². The van der Waals surface area contributed by atoms with Crippen molar-refractivity contribution in [2.24, 2.45) is 0 Å². The van der Waals surface area contributed by atoms with Crippen molar-refractivity contribution in [3.8, 4) is 0 Å². The van der Waals surface area contributed by atoms with Crippen molar-refractivity contribution in [2.75, 3.05) is 26.2 Å². The molecule has 0 amide bonds.